The predicted octanol–water partition coefficient (Wildman–Crippen LogP) is 4.46. The second kappa shape index (κ2) is 11.4. The summed E-state index contributed by atoms with van der Waals surface area (Å²) in [5.74, 6) is -2.52. The third-order valence-corrected chi connectivity index (χ3v) is 6.60. The second-order valence-electron chi connectivity index (χ2n) is 9.33. The number of hydrogen-bond acceptors (Lipinski definition) is 4. The van der Waals surface area contributed by atoms with Gasteiger partial charge in [0.1, 0.15) is 30.0 Å². The van der Waals surface area contributed by atoms with Crippen LogP contribution >= 0.6 is 0 Å². The normalized spacial score (nSPS) is 13.9. The van der Waals surface area contributed by atoms with Crippen LogP contribution in [0.3, 0.4) is 0 Å². The molecule has 1 aliphatic carbocycles. The summed E-state index contributed by atoms with van der Waals surface area (Å²) in [5, 5.41) is 6.22. The average Bonchev–Trinajstić information content (AvgIpc) is 3.26. The third-order valence-electron chi connectivity index (χ3n) is 6.60. The van der Waals surface area contributed by atoms with E-state index in [9.17, 15) is 31.5 Å². The minimum atomic E-state index is -4.66. The molecule has 1 atom stereocenters. The standard InChI is InChI=1S/C27H27F5N4O3/c1-35(19-7-9-20(39-2)10-8-19)26(38)22(13-16-11-17(28)14-18(29)12-16)33-24(37)15-36-23-6-4-3-5-21(23)25(34-36)27(30,31)32/h7-12,14,22H,3-6,13,15H2,1-2H3,(H,33,37)/t22-/m0/s1. The summed E-state index contributed by atoms with van der Waals surface area (Å²) >= 11 is 0. The first kappa shape index (κ1) is 28.1. The van der Waals surface area contributed by atoms with E-state index in [1.54, 1.807) is 24.3 Å². The largest absolute Gasteiger partial charge is 0.497 e. The third kappa shape index (κ3) is 6.55. The molecule has 0 bridgehead atoms. The highest BCUT2D eigenvalue weighted by molar-refractivity contribution is 5.99. The maximum Gasteiger partial charge on any atom is 0.435 e. The van der Waals surface area contributed by atoms with Gasteiger partial charge < -0.3 is 15.0 Å². The van der Waals surface area contributed by atoms with Crippen molar-refractivity contribution in [3.8, 4) is 5.75 Å². The number of rotatable bonds is 8. The van der Waals surface area contributed by atoms with Crippen molar-refractivity contribution in [2.45, 2.75) is 50.9 Å². The van der Waals surface area contributed by atoms with E-state index in [0.717, 1.165) is 16.8 Å². The summed E-state index contributed by atoms with van der Waals surface area (Å²) in [4.78, 5) is 27.8. The maximum atomic E-state index is 13.8. The molecule has 2 aromatic carbocycles. The Balaban J connectivity index is 1.59. The molecule has 4 rings (SSSR count). The van der Waals surface area contributed by atoms with Crippen LogP contribution in [-0.2, 0) is 41.6 Å². The summed E-state index contributed by atoms with van der Waals surface area (Å²) in [6.07, 6.45) is -3.11. The first-order valence-electron chi connectivity index (χ1n) is 12.3. The Morgan fingerprint density at radius 2 is 1.72 bits per heavy atom. The second-order valence-corrected chi connectivity index (χ2v) is 9.33. The van der Waals surface area contributed by atoms with E-state index in [-0.39, 0.29) is 24.0 Å². The SMILES string of the molecule is COc1ccc(N(C)C(=O)[C@H](Cc2cc(F)cc(F)c2)NC(=O)Cn2nc(C(F)(F)F)c3c2CCCC3)cc1. The molecule has 1 aromatic heterocycles. The number of fused-ring (bicyclic) bond motifs is 1. The first-order valence-corrected chi connectivity index (χ1v) is 12.3. The van der Waals surface area contributed by atoms with E-state index in [2.05, 4.69) is 10.4 Å². The summed E-state index contributed by atoms with van der Waals surface area (Å²) in [7, 11) is 2.96. The minimum Gasteiger partial charge on any atom is -0.497 e. The molecular weight excluding hydrogens is 523 g/mol. The smallest absolute Gasteiger partial charge is 0.435 e. The summed E-state index contributed by atoms with van der Waals surface area (Å²) in [5.41, 5.74) is -0.00329. The van der Waals surface area contributed by atoms with Crippen molar-refractivity contribution in [2.75, 3.05) is 19.1 Å². The number of alkyl halides is 3. The fraction of sp³-hybridized carbons (Fsp3) is 0.370. The highest BCUT2D eigenvalue weighted by atomic mass is 19.4. The number of nitrogens with one attached hydrogen (secondary N) is 1. The lowest BCUT2D eigenvalue weighted by atomic mass is 9.95. The van der Waals surface area contributed by atoms with Crippen molar-refractivity contribution in [3.63, 3.8) is 0 Å². The Morgan fingerprint density at radius 1 is 1.08 bits per heavy atom. The van der Waals surface area contributed by atoms with Crippen LogP contribution in [-0.4, -0.2) is 41.8 Å². The zero-order chi connectivity index (χ0) is 28.3. The molecule has 3 aromatic rings. The molecule has 0 spiro atoms. The van der Waals surface area contributed by atoms with Gasteiger partial charge in [-0.25, -0.2) is 8.78 Å². The highest BCUT2D eigenvalue weighted by Crippen LogP contribution is 2.35. The number of anilines is 1. The lowest BCUT2D eigenvalue weighted by molar-refractivity contribution is -0.142. The zero-order valence-corrected chi connectivity index (χ0v) is 21.3. The van der Waals surface area contributed by atoms with E-state index >= 15 is 0 Å². The molecule has 12 heteroatoms. The summed E-state index contributed by atoms with van der Waals surface area (Å²) in [6, 6.07) is 7.99. The molecule has 1 heterocycles. The minimum absolute atomic E-state index is 0.0867. The van der Waals surface area contributed by atoms with Crippen molar-refractivity contribution >= 4 is 17.5 Å². The quantitative estimate of drug-likeness (QED) is 0.421. The molecule has 208 valence electrons. The van der Waals surface area contributed by atoms with Crippen molar-refractivity contribution < 1.29 is 36.3 Å². The van der Waals surface area contributed by atoms with E-state index < -0.39 is 47.9 Å². The highest BCUT2D eigenvalue weighted by Gasteiger charge is 2.39. The number of methoxy groups -OCH3 is 1. The van der Waals surface area contributed by atoms with Gasteiger partial charge in [-0.15, -0.1) is 0 Å². The molecule has 0 unspecified atom stereocenters. The zero-order valence-electron chi connectivity index (χ0n) is 21.3. The van der Waals surface area contributed by atoms with Gasteiger partial charge in [-0.3, -0.25) is 14.3 Å². The van der Waals surface area contributed by atoms with Crippen molar-refractivity contribution in [1.82, 2.24) is 15.1 Å². The fourth-order valence-corrected chi connectivity index (χ4v) is 4.74. The van der Waals surface area contributed by atoms with Crippen LogP contribution in [0.2, 0.25) is 0 Å². The van der Waals surface area contributed by atoms with Crippen LogP contribution in [0, 0.1) is 11.6 Å². The van der Waals surface area contributed by atoms with Crippen LogP contribution in [0.5, 0.6) is 5.75 Å². The van der Waals surface area contributed by atoms with Crippen LogP contribution in [0.25, 0.3) is 0 Å². The number of aromatic nitrogens is 2. The molecule has 0 fully saturated rings. The van der Waals surface area contributed by atoms with Crippen molar-refractivity contribution in [3.05, 3.63) is 76.6 Å². The Morgan fingerprint density at radius 3 is 2.33 bits per heavy atom. The predicted molar refractivity (Wildman–Crippen MR) is 132 cm³/mol. The van der Waals surface area contributed by atoms with Gasteiger partial charge in [-0.1, -0.05) is 0 Å². The van der Waals surface area contributed by atoms with Gasteiger partial charge >= 0.3 is 6.18 Å². The van der Waals surface area contributed by atoms with E-state index in [4.69, 9.17) is 4.74 Å². The van der Waals surface area contributed by atoms with Gasteiger partial charge in [0.05, 0.1) is 7.11 Å². The molecule has 39 heavy (non-hydrogen) atoms. The van der Waals surface area contributed by atoms with Gasteiger partial charge in [0.2, 0.25) is 11.8 Å². The summed E-state index contributed by atoms with van der Waals surface area (Å²) < 4.78 is 74.5. The van der Waals surface area contributed by atoms with Crippen LogP contribution in [0.15, 0.2) is 42.5 Å². The molecule has 0 radical (unpaired) electrons. The van der Waals surface area contributed by atoms with Gasteiger partial charge in [0, 0.05) is 36.5 Å². The Hall–Kier alpha value is -3.96. The number of benzene rings is 2. The molecule has 7 nitrogen and oxygen atoms in total. The Kier molecular flexibility index (Phi) is 8.22. The summed E-state index contributed by atoms with van der Waals surface area (Å²) in [6.45, 7) is -0.550. The molecule has 1 N–H and O–H groups in total. The monoisotopic (exact) mass is 550 g/mol. The lowest BCUT2D eigenvalue weighted by Gasteiger charge is -2.25. The number of carbonyl (C=O) groups is 2. The molecule has 0 saturated carbocycles. The average molecular weight is 551 g/mol. The van der Waals surface area contributed by atoms with E-state index in [1.165, 1.54) is 19.1 Å². The number of carbonyl (C=O) groups excluding carboxylic acids is 2. The fourth-order valence-electron chi connectivity index (χ4n) is 4.74. The number of amides is 2. The topological polar surface area (TPSA) is 76.5 Å². The van der Waals surface area contributed by atoms with Crippen molar-refractivity contribution in [2.24, 2.45) is 0 Å². The van der Waals surface area contributed by atoms with Crippen LogP contribution in [0.4, 0.5) is 27.6 Å². The Bertz CT molecular complexity index is 1330. The van der Waals surface area contributed by atoms with Crippen LogP contribution < -0.4 is 15.0 Å². The molecular formula is C27H27F5N4O3. The van der Waals surface area contributed by atoms with Gasteiger partial charge in [0.25, 0.3) is 0 Å². The lowest BCUT2D eigenvalue weighted by Crippen LogP contribution is -2.49. The number of hydrogen-bond donors (Lipinski definition) is 1. The number of halogens is 5. The van der Waals surface area contributed by atoms with Gasteiger partial charge in [-0.05, 0) is 67.6 Å². The Labute approximate surface area is 221 Å². The van der Waals surface area contributed by atoms with Gasteiger partial charge in [-0.2, -0.15) is 18.3 Å². The van der Waals surface area contributed by atoms with Gasteiger partial charge in [0.15, 0.2) is 5.69 Å². The number of nitrogens with zero attached hydrogens (tertiary/aromatic N) is 3. The maximum absolute atomic E-state index is 13.8. The number of likely N-dealkylation sites (N-methyl/N-ethyl adjacent to an activating group) is 1. The molecule has 0 aliphatic heterocycles. The number of ether oxygens (including phenoxy) is 1. The molecule has 0 saturated heterocycles. The molecule has 2 amide bonds. The molecule has 1 aliphatic rings. The van der Waals surface area contributed by atoms with E-state index in [0.29, 0.717) is 42.5 Å². The van der Waals surface area contributed by atoms with Crippen molar-refractivity contribution in [1.29, 1.82) is 0 Å². The first-order chi connectivity index (χ1) is 18.5. The van der Waals surface area contributed by atoms with E-state index in [1.807, 2.05) is 0 Å². The van der Waals surface area contributed by atoms with Crippen LogP contribution in [0.1, 0.15) is 35.4 Å².